The van der Waals surface area contributed by atoms with Crippen LogP contribution in [0.2, 0.25) is 0 Å². The van der Waals surface area contributed by atoms with Crippen molar-refractivity contribution in [3.63, 3.8) is 0 Å². The number of pyridine rings is 1. The predicted octanol–water partition coefficient (Wildman–Crippen LogP) is 3.44. The highest BCUT2D eigenvalue weighted by Crippen LogP contribution is 2.12. The molecule has 0 aliphatic rings. The van der Waals surface area contributed by atoms with Gasteiger partial charge in [-0.25, -0.2) is 13.5 Å². The number of fused-ring (bicyclic) bond motifs is 1. The van der Waals surface area contributed by atoms with Crippen molar-refractivity contribution < 1.29 is 8.96 Å². The molecule has 2 aromatic heterocycles. The van der Waals surface area contributed by atoms with Crippen LogP contribution in [-0.2, 0) is 0 Å². The molecule has 0 spiro atoms. The number of para-hydroxylation sites is 1. The number of aromatic nitrogens is 3. The molecule has 4 heteroatoms. The van der Waals surface area contributed by atoms with Crippen LogP contribution in [0.25, 0.3) is 22.4 Å². The highest BCUT2D eigenvalue weighted by molar-refractivity contribution is 5.78. The molecule has 0 saturated carbocycles. The summed E-state index contributed by atoms with van der Waals surface area (Å²) in [6, 6.07) is 18.5. The van der Waals surface area contributed by atoms with Crippen molar-refractivity contribution in [3.05, 3.63) is 85.2 Å². The summed E-state index contributed by atoms with van der Waals surface area (Å²) in [6.07, 6.45) is 5.77. The minimum atomic E-state index is -0.236. The lowest BCUT2D eigenvalue weighted by molar-refractivity contribution is -0.598. The second-order valence-corrected chi connectivity index (χ2v) is 5.07. The molecule has 2 aromatic carbocycles. The number of imidazole rings is 1. The van der Waals surface area contributed by atoms with Gasteiger partial charge in [0.25, 0.3) is 5.82 Å². The maximum absolute atomic E-state index is 13.0. The van der Waals surface area contributed by atoms with E-state index in [2.05, 4.69) is 11.1 Å². The first-order chi connectivity index (χ1) is 10.8. The number of nitrogens with zero attached hydrogens (tertiary/aromatic N) is 3. The molecule has 4 rings (SSSR count). The van der Waals surface area contributed by atoms with Crippen LogP contribution in [0.3, 0.4) is 0 Å². The molecule has 0 bridgehead atoms. The zero-order chi connectivity index (χ0) is 14.9. The van der Waals surface area contributed by atoms with Gasteiger partial charge in [-0.1, -0.05) is 18.2 Å². The van der Waals surface area contributed by atoms with Crippen molar-refractivity contribution in [1.29, 1.82) is 0 Å². The minimum Gasteiger partial charge on any atom is -0.236 e. The van der Waals surface area contributed by atoms with E-state index in [9.17, 15) is 4.39 Å². The van der Waals surface area contributed by atoms with Gasteiger partial charge in [0.1, 0.15) is 23.2 Å². The van der Waals surface area contributed by atoms with Crippen molar-refractivity contribution in [2.24, 2.45) is 0 Å². The van der Waals surface area contributed by atoms with Crippen molar-refractivity contribution in [2.75, 3.05) is 0 Å². The Balaban J connectivity index is 1.74. The number of benzene rings is 2. The fourth-order valence-corrected chi connectivity index (χ4v) is 2.46. The first-order valence-electron chi connectivity index (χ1n) is 7.01. The molecule has 106 valence electrons. The Labute approximate surface area is 126 Å². The molecular formula is C18H13FN3+. The van der Waals surface area contributed by atoms with Crippen LogP contribution >= 0.6 is 0 Å². The normalized spacial score (nSPS) is 11.0. The smallest absolute Gasteiger partial charge is 0.236 e. The second-order valence-electron chi connectivity index (χ2n) is 5.07. The fourth-order valence-electron chi connectivity index (χ4n) is 2.46. The largest absolute Gasteiger partial charge is 0.267 e. The Morgan fingerprint density at radius 2 is 1.73 bits per heavy atom. The second kappa shape index (κ2) is 5.07. The molecule has 2 heterocycles. The summed E-state index contributed by atoms with van der Waals surface area (Å²) in [5, 5.41) is 1.12. The van der Waals surface area contributed by atoms with E-state index in [-0.39, 0.29) is 5.82 Å². The zero-order valence-corrected chi connectivity index (χ0v) is 11.7. The summed E-state index contributed by atoms with van der Waals surface area (Å²) in [7, 11) is 0. The van der Waals surface area contributed by atoms with Gasteiger partial charge in [-0.3, -0.25) is 0 Å². The molecular weight excluding hydrogens is 277 g/mol. The fraction of sp³-hybridized carbons (Fsp3) is 0. The summed E-state index contributed by atoms with van der Waals surface area (Å²) in [6.45, 7) is 0. The van der Waals surface area contributed by atoms with Gasteiger partial charge in [-0.15, -0.1) is 4.98 Å². The predicted molar refractivity (Wildman–Crippen MR) is 82.6 cm³/mol. The van der Waals surface area contributed by atoms with Gasteiger partial charge in [0.05, 0.1) is 6.20 Å². The van der Waals surface area contributed by atoms with Gasteiger partial charge < -0.3 is 0 Å². The monoisotopic (exact) mass is 290 g/mol. The van der Waals surface area contributed by atoms with Crippen LogP contribution in [-0.4, -0.2) is 9.55 Å². The number of rotatable bonds is 2. The van der Waals surface area contributed by atoms with Crippen LogP contribution in [0.5, 0.6) is 0 Å². The van der Waals surface area contributed by atoms with Crippen molar-refractivity contribution in [2.45, 2.75) is 0 Å². The first-order valence-corrected chi connectivity index (χ1v) is 7.01. The van der Waals surface area contributed by atoms with E-state index in [1.165, 1.54) is 12.1 Å². The molecule has 0 atom stereocenters. The molecule has 0 radical (unpaired) electrons. The summed E-state index contributed by atoms with van der Waals surface area (Å²) in [5.41, 5.74) is 1.86. The Bertz CT molecular complexity index is 942. The average Bonchev–Trinajstić information content (AvgIpc) is 3.05. The molecule has 0 amide bonds. The van der Waals surface area contributed by atoms with E-state index >= 15 is 0 Å². The van der Waals surface area contributed by atoms with Crippen molar-refractivity contribution in [3.8, 4) is 11.5 Å². The third-order valence-electron chi connectivity index (χ3n) is 3.61. The maximum Gasteiger partial charge on any atom is 0.267 e. The molecule has 0 saturated heterocycles. The van der Waals surface area contributed by atoms with E-state index in [1.54, 1.807) is 12.1 Å². The third kappa shape index (κ3) is 2.24. The lowest BCUT2D eigenvalue weighted by atomic mass is 10.2. The first kappa shape index (κ1) is 12.7. The lowest BCUT2D eigenvalue weighted by Gasteiger charge is -1.98. The Morgan fingerprint density at radius 1 is 0.909 bits per heavy atom. The van der Waals surface area contributed by atoms with E-state index in [4.69, 9.17) is 0 Å². The zero-order valence-electron chi connectivity index (χ0n) is 11.7. The molecule has 0 N–H and O–H groups in total. The van der Waals surface area contributed by atoms with Crippen LogP contribution in [0.4, 0.5) is 4.39 Å². The van der Waals surface area contributed by atoms with Gasteiger partial charge in [0.2, 0.25) is 0 Å². The van der Waals surface area contributed by atoms with E-state index in [1.807, 2.05) is 58.2 Å². The van der Waals surface area contributed by atoms with E-state index in [0.717, 1.165) is 22.4 Å². The molecule has 22 heavy (non-hydrogen) atoms. The number of hydrogen-bond donors (Lipinski definition) is 0. The van der Waals surface area contributed by atoms with Crippen molar-refractivity contribution >= 4 is 10.9 Å². The standard InChI is InChI=1S/C18H13FN3/c19-15-6-8-16(9-7-15)21-11-12-22(13-21)18-10-5-14-3-1-2-4-17(14)20-18/h1-13H/q+1. The lowest BCUT2D eigenvalue weighted by Crippen LogP contribution is -2.28. The van der Waals surface area contributed by atoms with Crippen LogP contribution in [0.15, 0.2) is 79.4 Å². The summed E-state index contributed by atoms with van der Waals surface area (Å²) in [5.74, 6) is 0.611. The summed E-state index contributed by atoms with van der Waals surface area (Å²) < 4.78 is 16.9. The molecule has 4 aromatic rings. The molecule has 0 unspecified atom stereocenters. The van der Waals surface area contributed by atoms with E-state index < -0.39 is 0 Å². The topological polar surface area (TPSA) is 21.7 Å². The van der Waals surface area contributed by atoms with Crippen LogP contribution in [0, 0.1) is 5.82 Å². The molecule has 0 aliphatic heterocycles. The Hall–Kier alpha value is -3.01. The van der Waals surface area contributed by atoms with E-state index in [0.29, 0.717) is 0 Å². The van der Waals surface area contributed by atoms with Gasteiger partial charge in [-0.05, 0) is 36.4 Å². The van der Waals surface area contributed by atoms with Gasteiger partial charge in [0.15, 0.2) is 6.33 Å². The van der Waals surface area contributed by atoms with Gasteiger partial charge in [0, 0.05) is 11.5 Å². The van der Waals surface area contributed by atoms with Crippen molar-refractivity contribution in [1.82, 2.24) is 9.55 Å². The molecule has 0 aliphatic carbocycles. The number of hydrogen-bond acceptors (Lipinski definition) is 1. The minimum absolute atomic E-state index is 0.236. The highest BCUT2D eigenvalue weighted by Gasteiger charge is 2.10. The summed E-state index contributed by atoms with van der Waals surface area (Å²) >= 11 is 0. The third-order valence-corrected chi connectivity index (χ3v) is 3.61. The average molecular weight is 290 g/mol. The highest BCUT2D eigenvalue weighted by atomic mass is 19.1. The molecule has 3 nitrogen and oxygen atoms in total. The van der Waals surface area contributed by atoms with Gasteiger partial charge in [-0.2, -0.15) is 0 Å². The number of halogens is 1. The Kier molecular flexibility index (Phi) is 2.93. The van der Waals surface area contributed by atoms with Gasteiger partial charge >= 0.3 is 0 Å². The maximum atomic E-state index is 13.0. The Morgan fingerprint density at radius 3 is 2.59 bits per heavy atom. The van der Waals surface area contributed by atoms with Crippen LogP contribution < -0.4 is 4.57 Å². The molecule has 0 fully saturated rings. The van der Waals surface area contributed by atoms with Crippen LogP contribution in [0.1, 0.15) is 0 Å². The SMILES string of the molecule is Fc1ccc(-n2cc[n+](-c3ccc4ccccc4n3)c2)cc1. The summed E-state index contributed by atoms with van der Waals surface area (Å²) in [4.78, 5) is 4.66. The quantitative estimate of drug-likeness (QED) is 0.518.